The Labute approximate surface area is 117 Å². The first-order chi connectivity index (χ1) is 9.31. The molecule has 1 atom stereocenters. The molecule has 1 saturated carbocycles. The van der Waals surface area contributed by atoms with Gasteiger partial charge in [-0.15, -0.1) is 0 Å². The molecule has 104 valence electrons. The van der Waals surface area contributed by atoms with E-state index in [0.29, 0.717) is 5.54 Å². The predicted octanol–water partition coefficient (Wildman–Crippen LogP) is 2.97. The molecular weight excluding hydrogens is 232 g/mol. The van der Waals surface area contributed by atoms with Gasteiger partial charge in [0.1, 0.15) is 0 Å². The third-order valence-corrected chi connectivity index (χ3v) is 5.19. The zero-order valence-electron chi connectivity index (χ0n) is 11.9. The summed E-state index contributed by atoms with van der Waals surface area (Å²) in [5.41, 5.74) is 8.37. The first kappa shape index (κ1) is 13.1. The van der Waals surface area contributed by atoms with Crippen molar-refractivity contribution in [3.8, 4) is 0 Å². The number of nitrogens with two attached hydrogens (primary N) is 1. The number of rotatable bonds is 4. The van der Waals surface area contributed by atoms with Gasteiger partial charge in [0.15, 0.2) is 0 Å². The van der Waals surface area contributed by atoms with Crippen molar-refractivity contribution >= 4 is 0 Å². The van der Waals surface area contributed by atoms with Crippen LogP contribution in [0, 0.1) is 0 Å². The molecule has 0 aromatic heterocycles. The molecule has 3 rings (SSSR count). The average Bonchev–Trinajstić information content (AvgIpc) is 3.12. The lowest BCUT2D eigenvalue weighted by molar-refractivity contribution is 0.0921. The lowest BCUT2D eigenvalue weighted by Crippen LogP contribution is -2.58. The summed E-state index contributed by atoms with van der Waals surface area (Å²) in [5.74, 6) is 0. The highest BCUT2D eigenvalue weighted by molar-refractivity contribution is 5.18. The van der Waals surface area contributed by atoms with E-state index in [1.54, 1.807) is 0 Å². The van der Waals surface area contributed by atoms with E-state index in [2.05, 4.69) is 35.2 Å². The Morgan fingerprint density at radius 3 is 2.26 bits per heavy atom. The minimum atomic E-state index is 0.287. The lowest BCUT2D eigenvalue weighted by atomic mass is 9.83. The maximum atomic E-state index is 6.68. The van der Waals surface area contributed by atoms with Crippen LogP contribution in [0.5, 0.6) is 0 Å². The van der Waals surface area contributed by atoms with Gasteiger partial charge >= 0.3 is 0 Å². The summed E-state index contributed by atoms with van der Waals surface area (Å²) >= 11 is 0. The Morgan fingerprint density at radius 1 is 1.00 bits per heavy atom. The van der Waals surface area contributed by atoms with Crippen LogP contribution in [0.4, 0.5) is 0 Å². The maximum absolute atomic E-state index is 6.68. The molecule has 2 aliphatic rings. The number of likely N-dealkylation sites (tertiary alicyclic amines) is 1. The van der Waals surface area contributed by atoms with Gasteiger partial charge in [0.25, 0.3) is 0 Å². The van der Waals surface area contributed by atoms with Crippen LogP contribution in [0.1, 0.15) is 44.1 Å². The molecule has 0 bridgehead atoms. The molecule has 0 amide bonds. The molecule has 0 radical (unpaired) electrons. The van der Waals surface area contributed by atoms with E-state index in [1.165, 1.54) is 57.2 Å². The summed E-state index contributed by atoms with van der Waals surface area (Å²) in [7, 11) is 0. The van der Waals surface area contributed by atoms with Gasteiger partial charge in [-0.3, -0.25) is 4.90 Å². The SMILES string of the molecule is NC(Cc1ccccc1)C1(N2CCCC2)CCCC1. The van der Waals surface area contributed by atoms with Gasteiger partial charge in [-0.05, 0) is 50.8 Å². The predicted molar refractivity (Wildman–Crippen MR) is 80.1 cm³/mol. The molecule has 1 aromatic carbocycles. The van der Waals surface area contributed by atoms with Gasteiger partial charge < -0.3 is 5.73 Å². The minimum Gasteiger partial charge on any atom is -0.326 e. The van der Waals surface area contributed by atoms with Gasteiger partial charge in [-0.2, -0.15) is 0 Å². The van der Waals surface area contributed by atoms with Gasteiger partial charge in [-0.1, -0.05) is 43.2 Å². The Bertz CT molecular complexity index is 389. The van der Waals surface area contributed by atoms with Gasteiger partial charge in [-0.25, -0.2) is 0 Å². The van der Waals surface area contributed by atoms with Crippen molar-refractivity contribution in [1.29, 1.82) is 0 Å². The van der Waals surface area contributed by atoms with E-state index >= 15 is 0 Å². The van der Waals surface area contributed by atoms with Crippen molar-refractivity contribution in [2.75, 3.05) is 13.1 Å². The summed E-state index contributed by atoms with van der Waals surface area (Å²) in [5, 5.41) is 0. The molecule has 1 heterocycles. The van der Waals surface area contributed by atoms with E-state index in [0.717, 1.165) is 6.42 Å². The Balaban J connectivity index is 1.76. The quantitative estimate of drug-likeness (QED) is 0.899. The normalized spacial score (nSPS) is 24.7. The maximum Gasteiger partial charge on any atom is 0.0363 e. The fourth-order valence-electron chi connectivity index (χ4n) is 4.13. The van der Waals surface area contributed by atoms with Crippen LogP contribution in [0.25, 0.3) is 0 Å². The standard InChI is InChI=1S/C17H26N2/c18-16(14-15-8-2-1-3-9-15)17(10-4-5-11-17)19-12-6-7-13-19/h1-3,8-9,16H,4-7,10-14,18H2. The topological polar surface area (TPSA) is 29.3 Å². The Hall–Kier alpha value is -0.860. The number of nitrogens with zero attached hydrogens (tertiary/aromatic N) is 1. The first-order valence-electron chi connectivity index (χ1n) is 7.86. The van der Waals surface area contributed by atoms with E-state index in [9.17, 15) is 0 Å². The van der Waals surface area contributed by atoms with Crippen molar-refractivity contribution < 1.29 is 0 Å². The molecule has 1 aliphatic heterocycles. The van der Waals surface area contributed by atoms with Crippen molar-refractivity contribution in [1.82, 2.24) is 4.90 Å². The van der Waals surface area contributed by atoms with E-state index in [1.807, 2.05) is 0 Å². The smallest absolute Gasteiger partial charge is 0.0363 e. The Morgan fingerprint density at radius 2 is 1.63 bits per heavy atom. The second-order valence-electron chi connectivity index (χ2n) is 6.30. The zero-order valence-corrected chi connectivity index (χ0v) is 11.9. The van der Waals surface area contributed by atoms with Crippen molar-refractivity contribution in [3.63, 3.8) is 0 Å². The first-order valence-corrected chi connectivity index (χ1v) is 7.86. The fourth-order valence-corrected chi connectivity index (χ4v) is 4.13. The zero-order chi connectivity index (χ0) is 13.1. The molecule has 1 saturated heterocycles. The fraction of sp³-hybridized carbons (Fsp3) is 0.647. The van der Waals surface area contributed by atoms with Crippen molar-refractivity contribution in [3.05, 3.63) is 35.9 Å². The molecule has 1 aromatic rings. The molecular formula is C17H26N2. The number of hydrogen-bond donors (Lipinski definition) is 1. The van der Waals surface area contributed by atoms with E-state index in [4.69, 9.17) is 5.73 Å². The largest absolute Gasteiger partial charge is 0.326 e. The number of hydrogen-bond acceptors (Lipinski definition) is 2. The Kier molecular flexibility index (Phi) is 3.90. The third kappa shape index (κ3) is 2.56. The summed E-state index contributed by atoms with van der Waals surface area (Å²) in [4.78, 5) is 2.72. The second kappa shape index (κ2) is 5.64. The molecule has 0 spiro atoms. The lowest BCUT2D eigenvalue weighted by Gasteiger charge is -2.43. The van der Waals surface area contributed by atoms with Crippen molar-refractivity contribution in [2.45, 2.75) is 56.5 Å². The second-order valence-corrected chi connectivity index (χ2v) is 6.30. The van der Waals surface area contributed by atoms with Crippen LogP contribution in [0.15, 0.2) is 30.3 Å². The molecule has 1 aliphatic carbocycles. The van der Waals surface area contributed by atoms with Crippen LogP contribution in [0.2, 0.25) is 0 Å². The van der Waals surface area contributed by atoms with E-state index in [-0.39, 0.29) is 6.04 Å². The summed E-state index contributed by atoms with van der Waals surface area (Å²) in [6.07, 6.45) is 9.08. The molecule has 2 fully saturated rings. The summed E-state index contributed by atoms with van der Waals surface area (Å²) in [6.45, 7) is 2.53. The van der Waals surface area contributed by atoms with Crippen molar-refractivity contribution in [2.24, 2.45) is 5.73 Å². The third-order valence-electron chi connectivity index (χ3n) is 5.19. The summed E-state index contributed by atoms with van der Waals surface area (Å²) < 4.78 is 0. The van der Waals surface area contributed by atoms with Crippen LogP contribution >= 0.6 is 0 Å². The van der Waals surface area contributed by atoms with E-state index < -0.39 is 0 Å². The average molecular weight is 258 g/mol. The van der Waals surface area contributed by atoms with Crippen LogP contribution in [-0.4, -0.2) is 29.6 Å². The highest BCUT2D eigenvalue weighted by Crippen LogP contribution is 2.40. The highest BCUT2D eigenvalue weighted by Gasteiger charge is 2.44. The minimum absolute atomic E-state index is 0.287. The monoisotopic (exact) mass is 258 g/mol. The van der Waals surface area contributed by atoms with Gasteiger partial charge in [0, 0.05) is 11.6 Å². The summed E-state index contributed by atoms with van der Waals surface area (Å²) in [6, 6.07) is 11.0. The molecule has 2 nitrogen and oxygen atoms in total. The molecule has 2 N–H and O–H groups in total. The van der Waals surface area contributed by atoms with Gasteiger partial charge in [0.2, 0.25) is 0 Å². The van der Waals surface area contributed by atoms with Crippen LogP contribution in [-0.2, 0) is 6.42 Å². The number of benzene rings is 1. The molecule has 19 heavy (non-hydrogen) atoms. The van der Waals surface area contributed by atoms with Crippen LogP contribution in [0.3, 0.4) is 0 Å². The molecule has 2 heteroatoms. The van der Waals surface area contributed by atoms with Gasteiger partial charge in [0.05, 0.1) is 0 Å². The highest BCUT2D eigenvalue weighted by atomic mass is 15.2. The van der Waals surface area contributed by atoms with Crippen LogP contribution < -0.4 is 5.73 Å². The molecule has 1 unspecified atom stereocenters.